The van der Waals surface area contributed by atoms with Crippen LogP contribution >= 0.6 is 0 Å². The maximum absolute atomic E-state index is 12.1. The van der Waals surface area contributed by atoms with E-state index in [0.717, 1.165) is 37.4 Å². The zero-order valence-electron chi connectivity index (χ0n) is 11.9. The molecule has 1 saturated heterocycles. The van der Waals surface area contributed by atoms with E-state index in [1.807, 2.05) is 12.1 Å². The second-order valence-electron chi connectivity index (χ2n) is 5.05. The molecule has 7 nitrogen and oxygen atoms in total. The molecule has 2 amide bonds. The van der Waals surface area contributed by atoms with Crippen LogP contribution in [0.2, 0.25) is 0 Å². The first-order valence-electron chi connectivity index (χ1n) is 6.99. The summed E-state index contributed by atoms with van der Waals surface area (Å²) in [5, 5.41) is 9.61. The molecule has 0 atom stereocenters. The second-order valence-corrected chi connectivity index (χ2v) is 5.05. The summed E-state index contributed by atoms with van der Waals surface area (Å²) in [6.45, 7) is 1.96. The molecule has 0 aromatic carbocycles. The van der Waals surface area contributed by atoms with Crippen LogP contribution in [0.1, 0.15) is 12.8 Å². The Bertz CT molecular complexity index is 632. The van der Waals surface area contributed by atoms with Gasteiger partial charge in [0.1, 0.15) is 0 Å². The van der Waals surface area contributed by atoms with Crippen LogP contribution in [0.4, 0.5) is 22.0 Å². The van der Waals surface area contributed by atoms with Crippen LogP contribution in [0.25, 0.3) is 0 Å². The van der Waals surface area contributed by atoms with Gasteiger partial charge in [0.15, 0.2) is 5.82 Å². The smallest absolute Gasteiger partial charge is 0.323 e. The highest BCUT2D eigenvalue weighted by Crippen LogP contribution is 2.26. The number of nitrogens with zero attached hydrogens (tertiary/aromatic N) is 4. The summed E-state index contributed by atoms with van der Waals surface area (Å²) in [5.74, 6) is 0.830. The molecule has 0 saturated carbocycles. The Morgan fingerprint density at radius 2 is 2.10 bits per heavy atom. The number of rotatable bonds is 3. The molecule has 21 heavy (non-hydrogen) atoms. The summed E-state index contributed by atoms with van der Waals surface area (Å²) < 4.78 is 1.63. The quantitative estimate of drug-likeness (QED) is 0.905. The van der Waals surface area contributed by atoms with Gasteiger partial charge in [0.25, 0.3) is 0 Å². The maximum Gasteiger partial charge on any atom is 0.323 e. The van der Waals surface area contributed by atoms with Gasteiger partial charge in [0.05, 0.1) is 17.6 Å². The van der Waals surface area contributed by atoms with Crippen molar-refractivity contribution in [1.29, 1.82) is 0 Å². The van der Waals surface area contributed by atoms with Crippen LogP contribution in [0.5, 0.6) is 0 Å². The highest BCUT2D eigenvalue weighted by molar-refractivity contribution is 6.01. The fourth-order valence-electron chi connectivity index (χ4n) is 2.45. The molecule has 0 unspecified atom stereocenters. The van der Waals surface area contributed by atoms with E-state index in [2.05, 4.69) is 25.6 Å². The first-order valence-corrected chi connectivity index (χ1v) is 6.99. The van der Waals surface area contributed by atoms with Gasteiger partial charge < -0.3 is 15.5 Å². The molecule has 3 heterocycles. The molecule has 110 valence electrons. The molecule has 2 aromatic rings. The van der Waals surface area contributed by atoms with Crippen molar-refractivity contribution in [2.75, 3.05) is 28.6 Å². The van der Waals surface area contributed by atoms with Gasteiger partial charge in [-0.25, -0.2) is 9.78 Å². The minimum atomic E-state index is -0.295. The number of hydrogen-bond donors (Lipinski definition) is 2. The van der Waals surface area contributed by atoms with E-state index in [-0.39, 0.29) is 6.03 Å². The first-order chi connectivity index (χ1) is 10.2. The highest BCUT2D eigenvalue weighted by Gasteiger charge is 2.17. The standard InChI is InChI=1S/C14H18N6O/c1-19-10-11(9-16-19)17-14(21)18-12-5-4-6-15-13(12)20-7-2-3-8-20/h4-6,9-10H,2-3,7-8H2,1H3,(H2,17,18,21). The minimum Gasteiger partial charge on any atom is -0.355 e. The summed E-state index contributed by atoms with van der Waals surface area (Å²) in [7, 11) is 1.80. The molecule has 3 rings (SSSR count). The summed E-state index contributed by atoms with van der Waals surface area (Å²) in [4.78, 5) is 18.6. The van der Waals surface area contributed by atoms with Gasteiger partial charge in [-0.1, -0.05) is 0 Å². The Morgan fingerprint density at radius 3 is 2.81 bits per heavy atom. The van der Waals surface area contributed by atoms with Gasteiger partial charge in [0.2, 0.25) is 0 Å². The molecule has 0 radical (unpaired) electrons. The van der Waals surface area contributed by atoms with Crippen LogP contribution < -0.4 is 15.5 Å². The third kappa shape index (κ3) is 3.13. The van der Waals surface area contributed by atoms with Crippen molar-refractivity contribution in [3.05, 3.63) is 30.7 Å². The van der Waals surface area contributed by atoms with Crippen molar-refractivity contribution < 1.29 is 4.79 Å². The Hall–Kier alpha value is -2.57. The molecule has 2 aromatic heterocycles. The lowest BCUT2D eigenvalue weighted by molar-refractivity contribution is 0.262. The number of nitrogens with one attached hydrogen (secondary N) is 2. The number of carbonyl (C=O) groups excluding carboxylic acids is 1. The van der Waals surface area contributed by atoms with Crippen molar-refractivity contribution in [1.82, 2.24) is 14.8 Å². The van der Waals surface area contributed by atoms with E-state index in [1.165, 1.54) is 0 Å². The summed E-state index contributed by atoms with van der Waals surface area (Å²) in [6, 6.07) is 3.39. The van der Waals surface area contributed by atoms with Gasteiger partial charge in [-0.3, -0.25) is 4.68 Å². The molecule has 0 aliphatic carbocycles. The van der Waals surface area contributed by atoms with Gasteiger partial charge >= 0.3 is 6.03 Å². The summed E-state index contributed by atoms with van der Waals surface area (Å²) in [6.07, 6.45) is 7.42. The average Bonchev–Trinajstić information content (AvgIpc) is 3.11. The number of anilines is 3. The highest BCUT2D eigenvalue weighted by atomic mass is 16.2. The van der Waals surface area contributed by atoms with Crippen molar-refractivity contribution >= 4 is 23.2 Å². The van der Waals surface area contributed by atoms with Crippen LogP contribution in [0, 0.1) is 0 Å². The SMILES string of the molecule is Cn1cc(NC(=O)Nc2cccnc2N2CCCC2)cn1. The van der Waals surface area contributed by atoms with Gasteiger partial charge in [-0.05, 0) is 25.0 Å². The molecule has 0 spiro atoms. The number of carbonyl (C=O) groups is 1. The fourth-order valence-corrected chi connectivity index (χ4v) is 2.45. The number of amides is 2. The molecule has 1 aliphatic heterocycles. The number of pyridine rings is 1. The van der Waals surface area contributed by atoms with Crippen molar-refractivity contribution in [3.63, 3.8) is 0 Å². The maximum atomic E-state index is 12.1. The van der Waals surface area contributed by atoms with E-state index in [0.29, 0.717) is 5.69 Å². The van der Waals surface area contributed by atoms with Crippen molar-refractivity contribution in [2.24, 2.45) is 7.05 Å². The lowest BCUT2D eigenvalue weighted by Gasteiger charge is -2.19. The van der Waals surface area contributed by atoms with Gasteiger partial charge in [-0.2, -0.15) is 5.10 Å². The second kappa shape index (κ2) is 5.82. The largest absolute Gasteiger partial charge is 0.355 e. The van der Waals surface area contributed by atoms with E-state index in [1.54, 1.807) is 30.3 Å². The van der Waals surface area contributed by atoms with Crippen molar-refractivity contribution in [3.8, 4) is 0 Å². The topological polar surface area (TPSA) is 75.1 Å². The van der Waals surface area contributed by atoms with E-state index < -0.39 is 0 Å². The molecule has 7 heteroatoms. The molecule has 1 aliphatic rings. The predicted molar refractivity (Wildman–Crippen MR) is 81.5 cm³/mol. The molecule has 2 N–H and O–H groups in total. The number of aryl methyl sites for hydroxylation is 1. The Morgan fingerprint density at radius 1 is 1.29 bits per heavy atom. The number of hydrogen-bond acceptors (Lipinski definition) is 4. The van der Waals surface area contributed by atoms with Crippen LogP contribution in [-0.4, -0.2) is 33.9 Å². The van der Waals surface area contributed by atoms with Crippen LogP contribution in [0.3, 0.4) is 0 Å². The Balaban J connectivity index is 1.70. The number of urea groups is 1. The van der Waals surface area contributed by atoms with Gasteiger partial charge in [-0.15, -0.1) is 0 Å². The predicted octanol–water partition coefficient (Wildman–Crippen LogP) is 2.06. The first kappa shape index (κ1) is 13.4. The number of aromatic nitrogens is 3. The fraction of sp³-hybridized carbons (Fsp3) is 0.357. The third-order valence-corrected chi connectivity index (χ3v) is 3.40. The molecular weight excluding hydrogens is 268 g/mol. The lowest BCUT2D eigenvalue weighted by atomic mass is 10.3. The molecular formula is C14H18N6O. The van der Waals surface area contributed by atoms with E-state index >= 15 is 0 Å². The van der Waals surface area contributed by atoms with Gasteiger partial charge in [0, 0.05) is 32.5 Å². The summed E-state index contributed by atoms with van der Waals surface area (Å²) >= 11 is 0. The zero-order valence-corrected chi connectivity index (χ0v) is 11.9. The molecule has 0 bridgehead atoms. The minimum absolute atomic E-state index is 0.295. The monoisotopic (exact) mass is 286 g/mol. The van der Waals surface area contributed by atoms with E-state index in [9.17, 15) is 4.79 Å². The third-order valence-electron chi connectivity index (χ3n) is 3.40. The summed E-state index contributed by atoms with van der Waals surface area (Å²) in [5.41, 5.74) is 1.38. The normalized spacial score (nSPS) is 14.2. The van der Waals surface area contributed by atoms with Crippen LogP contribution in [-0.2, 0) is 7.05 Å². The lowest BCUT2D eigenvalue weighted by Crippen LogP contribution is -2.24. The van der Waals surface area contributed by atoms with Crippen LogP contribution in [0.15, 0.2) is 30.7 Å². The molecule has 1 fully saturated rings. The van der Waals surface area contributed by atoms with E-state index in [4.69, 9.17) is 0 Å². The zero-order chi connectivity index (χ0) is 14.7. The average molecular weight is 286 g/mol. The Labute approximate surface area is 123 Å². The van der Waals surface area contributed by atoms with Crippen molar-refractivity contribution in [2.45, 2.75) is 12.8 Å². The Kier molecular flexibility index (Phi) is 3.72.